The van der Waals surface area contributed by atoms with E-state index in [2.05, 4.69) is 12.2 Å². The Hall–Kier alpha value is -1.14. The largest absolute Gasteiger partial charge is 0.459 e. The third kappa shape index (κ3) is 8.19. The molecule has 148 valence electrons. The molecule has 0 aliphatic rings. The first kappa shape index (κ1) is 23.9. The molecule has 0 rings (SSSR count). The standard InChI is InChI=1S/C19H37NO5/c1-6-9-10-12-19(7-2,8-3)25-15(22)11-13-20-17(24)16(23)18(4,5)14-21/h16,21,23H,6-14H2,1-5H3,(H,20,24)/t16-/m0/s1. The topological polar surface area (TPSA) is 95.9 Å². The number of hydrogen-bond acceptors (Lipinski definition) is 5. The Morgan fingerprint density at radius 3 is 2.20 bits per heavy atom. The third-order valence-electron chi connectivity index (χ3n) is 4.88. The molecule has 0 unspecified atom stereocenters. The van der Waals surface area contributed by atoms with Gasteiger partial charge in [0.25, 0.3) is 0 Å². The molecule has 0 bridgehead atoms. The fourth-order valence-electron chi connectivity index (χ4n) is 2.61. The Morgan fingerprint density at radius 1 is 1.12 bits per heavy atom. The lowest BCUT2D eigenvalue weighted by atomic mass is 9.87. The van der Waals surface area contributed by atoms with Crippen LogP contribution in [0.15, 0.2) is 0 Å². The Labute approximate surface area is 152 Å². The highest BCUT2D eigenvalue weighted by atomic mass is 16.6. The van der Waals surface area contributed by atoms with Gasteiger partial charge in [-0.3, -0.25) is 9.59 Å². The van der Waals surface area contributed by atoms with Crippen LogP contribution in [0.5, 0.6) is 0 Å². The molecule has 0 spiro atoms. The smallest absolute Gasteiger partial charge is 0.308 e. The van der Waals surface area contributed by atoms with Gasteiger partial charge in [-0.2, -0.15) is 0 Å². The number of nitrogens with one attached hydrogen (secondary N) is 1. The number of ether oxygens (including phenoxy) is 1. The molecular weight excluding hydrogens is 322 g/mol. The summed E-state index contributed by atoms with van der Waals surface area (Å²) < 4.78 is 5.72. The zero-order chi connectivity index (χ0) is 19.5. The van der Waals surface area contributed by atoms with E-state index >= 15 is 0 Å². The third-order valence-corrected chi connectivity index (χ3v) is 4.88. The number of aliphatic hydroxyl groups is 2. The van der Waals surface area contributed by atoms with Gasteiger partial charge in [-0.1, -0.05) is 47.5 Å². The van der Waals surface area contributed by atoms with Crippen LogP contribution < -0.4 is 5.32 Å². The van der Waals surface area contributed by atoms with E-state index in [0.717, 1.165) is 38.5 Å². The Morgan fingerprint density at radius 2 is 1.72 bits per heavy atom. The van der Waals surface area contributed by atoms with Crippen molar-refractivity contribution in [2.75, 3.05) is 13.2 Å². The molecule has 0 saturated heterocycles. The van der Waals surface area contributed by atoms with Gasteiger partial charge in [-0.15, -0.1) is 0 Å². The first-order valence-corrected chi connectivity index (χ1v) is 9.46. The number of unbranched alkanes of at least 4 members (excludes halogenated alkanes) is 2. The van der Waals surface area contributed by atoms with Crippen LogP contribution in [-0.2, 0) is 14.3 Å². The van der Waals surface area contributed by atoms with Crippen molar-refractivity contribution in [1.82, 2.24) is 5.32 Å². The van der Waals surface area contributed by atoms with Crippen LogP contribution >= 0.6 is 0 Å². The van der Waals surface area contributed by atoms with E-state index in [-0.39, 0.29) is 25.5 Å². The van der Waals surface area contributed by atoms with Crippen molar-refractivity contribution in [3.8, 4) is 0 Å². The molecule has 0 aliphatic carbocycles. The highest BCUT2D eigenvalue weighted by molar-refractivity contribution is 5.81. The van der Waals surface area contributed by atoms with Crippen LogP contribution in [0.25, 0.3) is 0 Å². The minimum Gasteiger partial charge on any atom is -0.459 e. The second-order valence-corrected chi connectivity index (χ2v) is 7.41. The Bertz CT molecular complexity index is 405. The fraction of sp³-hybridized carbons (Fsp3) is 0.895. The SMILES string of the molecule is CCCCCC(CC)(CC)OC(=O)CCNC(=O)[C@H](O)C(C)(C)CO. The van der Waals surface area contributed by atoms with Crippen molar-refractivity contribution in [1.29, 1.82) is 0 Å². The van der Waals surface area contributed by atoms with Crippen molar-refractivity contribution in [2.45, 2.75) is 91.3 Å². The molecule has 3 N–H and O–H groups in total. The first-order chi connectivity index (χ1) is 11.7. The maximum atomic E-state index is 12.1. The predicted molar refractivity (Wildman–Crippen MR) is 98.0 cm³/mol. The molecule has 6 nitrogen and oxygen atoms in total. The van der Waals surface area contributed by atoms with Crippen LogP contribution in [0.2, 0.25) is 0 Å². The summed E-state index contributed by atoms with van der Waals surface area (Å²) >= 11 is 0. The highest BCUT2D eigenvalue weighted by Gasteiger charge is 2.33. The van der Waals surface area contributed by atoms with E-state index in [4.69, 9.17) is 4.74 Å². The fourth-order valence-corrected chi connectivity index (χ4v) is 2.61. The van der Waals surface area contributed by atoms with Gasteiger partial charge in [0.05, 0.1) is 13.0 Å². The van der Waals surface area contributed by atoms with Crippen molar-refractivity contribution in [3.63, 3.8) is 0 Å². The number of esters is 1. The average Bonchev–Trinajstić information content (AvgIpc) is 2.60. The van der Waals surface area contributed by atoms with Crippen molar-refractivity contribution >= 4 is 11.9 Å². The molecule has 0 aromatic carbocycles. The molecule has 0 heterocycles. The van der Waals surface area contributed by atoms with Crippen LogP contribution in [0.4, 0.5) is 0 Å². The summed E-state index contributed by atoms with van der Waals surface area (Å²) in [5.41, 5.74) is -1.35. The molecule has 0 radical (unpaired) electrons. The lowest BCUT2D eigenvalue weighted by Crippen LogP contribution is -2.46. The molecule has 6 heteroatoms. The van der Waals surface area contributed by atoms with Crippen molar-refractivity contribution < 1.29 is 24.5 Å². The first-order valence-electron chi connectivity index (χ1n) is 9.46. The number of rotatable bonds is 13. The maximum absolute atomic E-state index is 12.1. The number of aliphatic hydroxyl groups excluding tert-OH is 2. The molecule has 0 aromatic heterocycles. The van der Waals surface area contributed by atoms with Crippen molar-refractivity contribution in [2.24, 2.45) is 5.41 Å². The predicted octanol–water partition coefficient (Wildman–Crippen LogP) is 2.55. The average molecular weight is 360 g/mol. The quantitative estimate of drug-likeness (QED) is 0.347. The van der Waals surface area contributed by atoms with E-state index in [1.165, 1.54) is 0 Å². The van der Waals surface area contributed by atoms with E-state index in [9.17, 15) is 19.8 Å². The van der Waals surface area contributed by atoms with Crippen LogP contribution in [0.3, 0.4) is 0 Å². The summed E-state index contributed by atoms with van der Waals surface area (Å²) in [6, 6.07) is 0. The van der Waals surface area contributed by atoms with Crippen LogP contribution in [-0.4, -0.2) is 46.9 Å². The zero-order valence-corrected chi connectivity index (χ0v) is 16.6. The number of hydrogen-bond donors (Lipinski definition) is 3. The minimum absolute atomic E-state index is 0.0630. The van der Waals surface area contributed by atoms with Gasteiger partial charge < -0.3 is 20.3 Å². The van der Waals surface area contributed by atoms with Gasteiger partial charge in [0, 0.05) is 12.0 Å². The normalized spacial score (nSPS) is 13.4. The zero-order valence-electron chi connectivity index (χ0n) is 16.6. The van der Waals surface area contributed by atoms with Gasteiger partial charge in [0.2, 0.25) is 5.91 Å². The van der Waals surface area contributed by atoms with Gasteiger partial charge >= 0.3 is 5.97 Å². The van der Waals surface area contributed by atoms with E-state index in [1.807, 2.05) is 13.8 Å². The maximum Gasteiger partial charge on any atom is 0.308 e. The second kappa shape index (κ2) is 11.5. The molecule has 1 atom stereocenters. The number of carbonyl (C=O) groups excluding carboxylic acids is 2. The lowest BCUT2D eigenvalue weighted by Gasteiger charge is -2.32. The van der Waals surface area contributed by atoms with Gasteiger partial charge in [0.1, 0.15) is 11.7 Å². The van der Waals surface area contributed by atoms with E-state index in [1.54, 1.807) is 13.8 Å². The van der Waals surface area contributed by atoms with Crippen molar-refractivity contribution in [3.05, 3.63) is 0 Å². The number of carbonyl (C=O) groups is 2. The monoisotopic (exact) mass is 359 g/mol. The molecule has 0 aromatic rings. The summed E-state index contributed by atoms with van der Waals surface area (Å²) in [6.07, 6.45) is 4.41. The molecular formula is C19H37NO5. The Balaban J connectivity index is 4.42. The molecule has 0 saturated carbocycles. The van der Waals surface area contributed by atoms with E-state index in [0.29, 0.717) is 0 Å². The second-order valence-electron chi connectivity index (χ2n) is 7.41. The van der Waals surface area contributed by atoms with Gasteiger partial charge in [-0.05, 0) is 25.7 Å². The van der Waals surface area contributed by atoms with Gasteiger partial charge in [-0.25, -0.2) is 0 Å². The molecule has 1 amide bonds. The molecule has 0 fully saturated rings. The summed E-state index contributed by atoms with van der Waals surface area (Å²) in [5, 5.41) is 21.6. The lowest BCUT2D eigenvalue weighted by molar-refractivity contribution is -0.161. The highest BCUT2D eigenvalue weighted by Crippen LogP contribution is 2.28. The summed E-state index contributed by atoms with van der Waals surface area (Å²) in [4.78, 5) is 24.0. The van der Waals surface area contributed by atoms with Gasteiger partial charge in [0.15, 0.2) is 0 Å². The summed E-state index contributed by atoms with van der Waals surface area (Å²) in [5.74, 6) is -0.927. The summed E-state index contributed by atoms with van der Waals surface area (Å²) in [7, 11) is 0. The van der Waals surface area contributed by atoms with Crippen LogP contribution in [0.1, 0.15) is 79.6 Å². The van der Waals surface area contributed by atoms with E-state index < -0.39 is 23.0 Å². The minimum atomic E-state index is -1.33. The molecule has 25 heavy (non-hydrogen) atoms. The number of amides is 1. The molecule has 0 aliphatic heterocycles. The summed E-state index contributed by atoms with van der Waals surface area (Å²) in [6.45, 7) is 9.18. The van der Waals surface area contributed by atoms with Crippen LogP contribution in [0, 0.1) is 5.41 Å². The Kier molecular flexibility index (Phi) is 10.9.